The highest BCUT2D eigenvalue weighted by Crippen LogP contribution is 2.16. The number of carbonyl (C=O) groups is 2. The Bertz CT molecular complexity index is 345. The number of aromatic amines is 1. The van der Waals surface area contributed by atoms with Gasteiger partial charge in [0, 0.05) is 0 Å². The van der Waals surface area contributed by atoms with Crippen LogP contribution in [0.3, 0.4) is 0 Å². The van der Waals surface area contributed by atoms with Gasteiger partial charge in [-0.05, 0) is 15.9 Å². The van der Waals surface area contributed by atoms with Crippen LogP contribution in [0.25, 0.3) is 0 Å². The number of carboxylic acid groups (broad SMARTS) is 2. The van der Waals surface area contributed by atoms with Crippen LogP contribution >= 0.6 is 15.9 Å². The van der Waals surface area contributed by atoms with Gasteiger partial charge in [-0.2, -0.15) is 5.10 Å². The van der Waals surface area contributed by atoms with Gasteiger partial charge < -0.3 is 10.2 Å². The molecule has 0 unspecified atom stereocenters. The standard InChI is InChI=1S/C5H3BrN2O4/c6-3-1(4(9)10)2(5(11)12)7-8-3/h(H,7,8)(H,9,10)(H,11,12). The molecule has 0 bridgehead atoms. The molecule has 0 radical (unpaired) electrons. The molecule has 7 heteroatoms. The smallest absolute Gasteiger partial charge is 0.357 e. The van der Waals surface area contributed by atoms with Gasteiger partial charge in [-0.3, -0.25) is 5.10 Å². The largest absolute Gasteiger partial charge is 0.478 e. The second kappa shape index (κ2) is 2.94. The summed E-state index contributed by atoms with van der Waals surface area (Å²) in [7, 11) is 0. The topological polar surface area (TPSA) is 103 Å². The Balaban J connectivity index is 3.31. The average molecular weight is 235 g/mol. The summed E-state index contributed by atoms with van der Waals surface area (Å²) in [4.78, 5) is 20.8. The first-order valence-electron chi connectivity index (χ1n) is 2.74. The summed E-state index contributed by atoms with van der Waals surface area (Å²) >= 11 is 2.82. The van der Waals surface area contributed by atoms with E-state index in [1.165, 1.54) is 0 Å². The van der Waals surface area contributed by atoms with Crippen molar-refractivity contribution in [2.75, 3.05) is 0 Å². The van der Waals surface area contributed by atoms with Crippen LogP contribution in [0.5, 0.6) is 0 Å². The molecule has 0 saturated carbocycles. The fourth-order valence-corrected chi connectivity index (χ4v) is 1.12. The van der Waals surface area contributed by atoms with Crippen molar-refractivity contribution in [3.8, 4) is 0 Å². The number of halogens is 1. The first-order valence-corrected chi connectivity index (χ1v) is 3.53. The van der Waals surface area contributed by atoms with Crippen molar-refractivity contribution >= 4 is 27.9 Å². The molecule has 0 aliphatic rings. The average Bonchev–Trinajstić information content (AvgIpc) is 2.30. The molecule has 0 fully saturated rings. The molecule has 3 N–H and O–H groups in total. The molecule has 64 valence electrons. The molecular weight excluding hydrogens is 232 g/mol. The Hall–Kier alpha value is -1.37. The fraction of sp³-hybridized carbons (Fsp3) is 0. The van der Waals surface area contributed by atoms with Crippen LogP contribution in [0, 0.1) is 0 Å². The minimum Gasteiger partial charge on any atom is -0.478 e. The Labute approximate surface area is 74.3 Å². The molecule has 6 nitrogen and oxygen atoms in total. The van der Waals surface area contributed by atoms with Crippen molar-refractivity contribution in [2.45, 2.75) is 0 Å². The molecule has 1 rings (SSSR count). The van der Waals surface area contributed by atoms with Crippen LogP contribution in [0.1, 0.15) is 20.8 Å². The van der Waals surface area contributed by atoms with Crippen LogP contribution in [0.15, 0.2) is 4.60 Å². The summed E-state index contributed by atoms with van der Waals surface area (Å²) in [6.07, 6.45) is 0. The summed E-state index contributed by atoms with van der Waals surface area (Å²) in [5, 5.41) is 22.5. The van der Waals surface area contributed by atoms with Crippen LogP contribution < -0.4 is 0 Å². The van der Waals surface area contributed by atoms with Gasteiger partial charge in [-0.15, -0.1) is 0 Å². The molecule has 0 aliphatic carbocycles. The number of carboxylic acids is 2. The van der Waals surface area contributed by atoms with Gasteiger partial charge >= 0.3 is 11.9 Å². The molecule has 1 aromatic heterocycles. The van der Waals surface area contributed by atoms with E-state index < -0.39 is 17.6 Å². The number of nitrogens with one attached hydrogen (secondary N) is 1. The lowest BCUT2D eigenvalue weighted by Gasteiger charge is -1.90. The Kier molecular flexibility index (Phi) is 2.13. The van der Waals surface area contributed by atoms with E-state index in [4.69, 9.17) is 10.2 Å². The third-order valence-corrected chi connectivity index (χ3v) is 1.71. The Morgan fingerprint density at radius 1 is 1.33 bits per heavy atom. The minimum atomic E-state index is -1.38. The van der Waals surface area contributed by atoms with E-state index in [1.54, 1.807) is 0 Å². The van der Waals surface area contributed by atoms with Crippen LogP contribution in [-0.2, 0) is 0 Å². The summed E-state index contributed by atoms with van der Waals surface area (Å²) in [5.74, 6) is -2.72. The normalized spacial score (nSPS) is 9.75. The van der Waals surface area contributed by atoms with E-state index in [0.717, 1.165) is 0 Å². The minimum absolute atomic E-state index is 0.0485. The Morgan fingerprint density at radius 2 is 1.92 bits per heavy atom. The van der Waals surface area contributed by atoms with Crippen molar-refractivity contribution in [2.24, 2.45) is 0 Å². The SMILES string of the molecule is O=C(O)c1n[nH]c(Br)c1C(=O)O. The molecule has 1 heterocycles. The van der Waals surface area contributed by atoms with Crippen molar-refractivity contribution in [3.63, 3.8) is 0 Å². The Morgan fingerprint density at radius 3 is 2.25 bits per heavy atom. The first-order chi connectivity index (χ1) is 5.54. The highest BCUT2D eigenvalue weighted by molar-refractivity contribution is 9.10. The van der Waals surface area contributed by atoms with Crippen LogP contribution in [-0.4, -0.2) is 32.3 Å². The zero-order valence-electron chi connectivity index (χ0n) is 5.54. The van der Waals surface area contributed by atoms with E-state index >= 15 is 0 Å². The second-order valence-electron chi connectivity index (χ2n) is 1.87. The molecular formula is C5H3BrN2O4. The molecule has 0 saturated heterocycles. The van der Waals surface area contributed by atoms with E-state index in [1.807, 2.05) is 0 Å². The van der Waals surface area contributed by atoms with Gasteiger partial charge in [0.05, 0.1) is 0 Å². The maximum absolute atomic E-state index is 10.5. The van der Waals surface area contributed by atoms with Gasteiger partial charge in [-0.25, -0.2) is 9.59 Å². The fourth-order valence-electron chi connectivity index (χ4n) is 0.671. The van der Waals surface area contributed by atoms with Gasteiger partial charge in [0.25, 0.3) is 0 Å². The van der Waals surface area contributed by atoms with E-state index in [9.17, 15) is 9.59 Å². The van der Waals surface area contributed by atoms with Gasteiger partial charge in [0.1, 0.15) is 10.2 Å². The highest BCUT2D eigenvalue weighted by atomic mass is 79.9. The molecule has 1 aromatic rings. The quantitative estimate of drug-likeness (QED) is 0.695. The zero-order valence-corrected chi connectivity index (χ0v) is 7.12. The predicted octanol–water partition coefficient (Wildman–Crippen LogP) is 0.569. The molecule has 0 amide bonds. The van der Waals surface area contributed by atoms with E-state index in [0.29, 0.717) is 0 Å². The number of H-pyrrole nitrogens is 1. The highest BCUT2D eigenvalue weighted by Gasteiger charge is 2.22. The summed E-state index contributed by atoms with van der Waals surface area (Å²) in [6.45, 7) is 0. The lowest BCUT2D eigenvalue weighted by Crippen LogP contribution is -2.06. The molecule has 0 atom stereocenters. The second-order valence-corrected chi connectivity index (χ2v) is 2.66. The van der Waals surface area contributed by atoms with Crippen molar-refractivity contribution in [1.82, 2.24) is 10.2 Å². The van der Waals surface area contributed by atoms with E-state index in [2.05, 4.69) is 26.1 Å². The lowest BCUT2D eigenvalue weighted by atomic mass is 10.2. The molecule has 12 heavy (non-hydrogen) atoms. The summed E-state index contributed by atoms with van der Waals surface area (Å²) in [6, 6.07) is 0. The van der Waals surface area contributed by atoms with Crippen LogP contribution in [0.2, 0.25) is 0 Å². The summed E-state index contributed by atoms with van der Waals surface area (Å²) in [5.41, 5.74) is -0.878. The predicted molar refractivity (Wildman–Crippen MR) is 40.2 cm³/mol. The number of hydrogen-bond donors (Lipinski definition) is 3. The summed E-state index contributed by atoms with van der Waals surface area (Å²) < 4.78 is 0.0485. The number of rotatable bonds is 2. The van der Waals surface area contributed by atoms with Gasteiger partial charge in [-0.1, -0.05) is 0 Å². The number of nitrogens with zero attached hydrogens (tertiary/aromatic N) is 1. The van der Waals surface area contributed by atoms with Crippen molar-refractivity contribution in [1.29, 1.82) is 0 Å². The number of aromatic nitrogens is 2. The zero-order chi connectivity index (χ0) is 9.30. The molecule has 0 spiro atoms. The third-order valence-electron chi connectivity index (χ3n) is 1.14. The third kappa shape index (κ3) is 1.30. The number of hydrogen-bond acceptors (Lipinski definition) is 3. The molecule has 0 aromatic carbocycles. The monoisotopic (exact) mass is 234 g/mol. The molecule has 0 aliphatic heterocycles. The van der Waals surface area contributed by atoms with Crippen LogP contribution in [0.4, 0.5) is 0 Å². The van der Waals surface area contributed by atoms with Gasteiger partial charge in [0.2, 0.25) is 0 Å². The van der Waals surface area contributed by atoms with E-state index in [-0.39, 0.29) is 10.2 Å². The maximum Gasteiger partial charge on any atom is 0.357 e. The van der Waals surface area contributed by atoms with Crippen molar-refractivity contribution in [3.05, 3.63) is 15.9 Å². The number of aromatic carboxylic acids is 2. The van der Waals surface area contributed by atoms with Gasteiger partial charge in [0.15, 0.2) is 5.69 Å². The first kappa shape index (κ1) is 8.72. The lowest BCUT2D eigenvalue weighted by molar-refractivity contribution is 0.0648. The maximum atomic E-state index is 10.5. The van der Waals surface area contributed by atoms with Crippen molar-refractivity contribution < 1.29 is 19.8 Å².